The maximum Gasteiger partial charge on any atom is 0.338 e. The van der Waals surface area contributed by atoms with Crippen molar-refractivity contribution in [1.29, 1.82) is 0 Å². The van der Waals surface area contributed by atoms with Gasteiger partial charge < -0.3 is 15.0 Å². The van der Waals surface area contributed by atoms with Crippen molar-refractivity contribution in [3.63, 3.8) is 0 Å². The van der Waals surface area contributed by atoms with Gasteiger partial charge in [0.2, 0.25) is 12.5 Å². The second kappa shape index (κ2) is 7.61. The molecule has 1 N–H and O–H groups in total. The quantitative estimate of drug-likeness (QED) is 0.508. The molecule has 6 heteroatoms. The Labute approximate surface area is 145 Å². The molecule has 1 heterocycles. The molecule has 1 saturated heterocycles. The summed E-state index contributed by atoms with van der Waals surface area (Å²) in [5, 5.41) is 2.70. The molecule has 1 fully saturated rings. The number of hydrogen-bond acceptors (Lipinski definition) is 4. The van der Waals surface area contributed by atoms with E-state index in [1.165, 1.54) is 4.90 Å². The number of benzene rings is 2. The molecular weight excluding hydrogens is 320 g/mol. The van der Waals surface area contributed by atoms with Crippen LogP contribution in [0.25, 0.3) is 0 Å². The summed E-state index contributed by atoms with van der Waals surface area (Å²) in [6.45, 7) is 0.302. The third-order valence-corrected chi connectivity index (χ3v) is 4.13. The van der Waals surface area contributed by atoms with E-state index in [9.17, 15) is 14.4 Å². The standard InChI is InChI=1S/C19H18N2O4/c22-13-21-16(15-9-5-2-6-10-15)12-25-19(24)17(21)18(23)20-11-14-7-3-1-4-8-14/h1-10,13,16-17H,11-12H2,(H,20,23)/t16-,17?/m1/s1. The van der Waals surface area contributed by atoms with Gasteiger partial charge in [0.1, 0.15) is 6.61 Å². The van der Waals surface area contributed by atoms with Crippen LogP contribution >= 0.6 is 0 Å². The summed E-state index contributed by atoms with van der Waals surface area (Å²) < 4.78 is 5.16. The molecule has 0 aliphatic carbocycles. The monoisotopic (exact) mass is 338 g/mol. The number of morpholine rings is 1. The number of amides is 2. The average Bonchev–Trinajstić information content (AvgIpc) is 2.67. The lowest BCUT2D eigenvalue weighted by Gasteiger charge is -2.37. The van der Waals surface area contributed by atoms with Gasteiger partial charge in [-0.15, -0.1) is 0 Å². The van der Waals surface area contributed by atoms with E-state index < -0.39 is 24.0 Å². The summed E-state index contributed by atoms with van der Waals surface area (Å²) in [4.78, 5) is 37.5. The Morgan fingerprint density at radius 3 is 2.40 bits per heavy atom. The normalized spacial score (nSPS) is 19.8. The molecule has 0 saturated carbocycles. The third-order valence-electron chi connectivity index (χ3n) is 4.13. The van der Waals surface area contributed by atoms with E-state index in [-0.39, 0.29) is 13.2 Å². The first-order valence-electron chi connectivity index (χ1n) is 7.96. The number of nitrogens with zero attached hydrogens (tertiary/aromatic N) is 1. The van der Waals surface area contributed by atoms with Crippen molar-refractivity contribution in [3.05, 3.63) is 71.8 Å². The predicted octanol–water partition coefficient (Wildman–Crippen LogP) is 1.43. The Balaban J connectivity index is 1.76. The van der Waals surface area contributed by atoms with Crippen LogP contribution in [0.2, 0.25) is 0 Å². The van der Waals surface area contributed by atoms with Crippen LogP contribution in [0.3, 0.4) is 0 Å². The van der Waals surface area contributed by atoms with Crippen molar-refractivity contribution in [2.45, 2.75) is 18.6 Å². The molecular formula is C19H18N2O4. The summed E-state index contributed by atoms with van der Waals surface area (Å²) >= 11 is 0. The van der Waals surface area contributed by atoms with Crippen molar-refractivity contribution in [2.24, 2.45) is 0 Å². The van der Waals surface area contributed by atoms with E-state index in [0.717, 1.165) is 11.1 Å². The van der Waals surface area contributed by atoms with Gasteiger partial charge in [0.05, 0.1) is 6.04 Å². The lowest BCUT2D eigenvalue weighted by atomic mass is 10.0. The second-order valence-corrected chi connectivity index (χ2v) is 5.72. The Morgan fingerprint density at radius 2 is 1.76 bits per heavy atom. The number of esters is 1. The van der Waals surface area contributed by atoms with Gasteiger partial charge in [0.15, 0.2) is 0 Å². The average molecular weight is 338 g/mol. The van der Waals surface area contributed by atoms with Gasteiger partial charge in [-0.2, -0.15) is 0 Å². The number of rotatable bonds is 5. The highest BCUT2D eigenvalue weighted by Crippen LogP contribution is 2.26. The summed E-state index contributed by atoms with van der Waals surface area (Å²) in [6.07, 6.45) is 0.533. The molecule has 0 radical (unpaired) electrons. The summed E-state index contributed by atoms with van der Waals surface area (Å²) in [7, 11) is 0. The Bertz CT molecular complexity index is 749. The number of cyclic esters (lactones) is 1. The van der Waals surface area contributed by atoms with Crippen LogP contribution in [0, 0.1) is 0 Å². The van der Waals surface area contributed by atoms with Crippen molar-refractivity contribution >= 4 is 18.3 Å². The van der Waals surface area contributed by atoms with E-state index in [2.05, 4.69) is 5.32 Å². The topological polar surface area (TPSA) is 75.7 Å². The number of carbonyl (C=O) groups is 3. The largest absolute Gasteiger partial charge is 0.461 e. The zero-order chi connectivity index (χ0) is 17.6. The van der Waals surface area contributed by atoms with Crippen molar-refractivity contribution in [2.75, 3.05) is 6.61 Å². The van der Waals surface area contributed by atoms with Gasteiger partial charge in [-0.1, -0.05) is 60.7 Å². The van der Waals surface area contributed by atoms with Crippen LogP contribution in [0.1, 0.15) is 17.2 Å². The van der Waals surface area contributed by atoms with E-state index in [4.69, 9.17) is 4.74 Å². The SMILES string of the molecule is O=CN1C(C(=O)NCc2ccccc2)C(=O)OC[C@@H]1c1ccccc1. The van der Waals surface area contributed by atoms with E-state index in [0.29, 0.717) is 6.41 Å². The first kappa shape index (κ1) is 16.7. The van der Waals surface area contributed by atoms with E-state index >= 15 is 0 Å². The number of nitrogens with one attached hydrogen (secondary N) is 1. The van der Waals surface area contributed by atoms with Crippen molar-refractivity contribution in [1.82, 2.24) is 10.2 Å². The highest BCUT2D eigenvalue weighted by molar-refractivity contribution is 6.03. The molecule has 2 aromatic rings. The molecule has 0 bridgehead atoms. The molecule has 0 aromatic heterocycles. The fourth-order valence-electron chi connectivity index (χ4n) is 2.83. The van der Waals surface area contributed by atoms with Crippen LogP contribution in [0.4, 0.5) is 0 Å². The molecule has 3 rings (SSSR count). The zero-order valence-corrected chi connectivity index (χ0v) is 13.5. The second-order valence-electron chi connectivity index (χ2n) is 5.72. The van der Waals surface area contributed by atoms with Gasteiger partial charge in [0.25, 0.3) is 5.91 Å². The minimum absolute atomic E-state index is 0.0318. The Hall–Kier alpha value is -3.15. The van der Waals surface area contributed by atoms with Crippen LogP contribution < -0.4 is 5.32 Å². The Kier molecular flexibility index (Phi) is 5.09. The number of carbonyl (C=O) groups excluding carboxylic acids is 3. The van der Waals surface area contributed by atoms with Crippen LogP contribution in [-0.4, -0.2) is 35.8 Å². The van der Waals surface area contributed by atoms with Crippen LogP contribution in [-0.2, 0) is 25.7 Å². The van der Waals surface area contributed by atoms with Gasteiger partial charge in [-0.25, -0.2) is 4.79 Å². The molecule has 2 aromatic carbocycles. The first-order chi connectivity index (χ1) is 12.2. The van der Waals surface area contributed by atoms with Gasteiger partial charge in [-0.05, 0) is 11.1 Å². The first-order valence-corrected chi connectivity index (χ1v) is 7.96. The number of ether oxygens (including phenoxy) is 1. The molecule has 0 spiro atoms. The molecule has 128 valence electrons. The molecule has 2 amide bonds. The maximum atomic E-state index is 12.5. The molecule has 1 unspecified atom stereocenters. The third kappa shape index (κ3) is 3.68. The number of hydrogen-bond donors (Lipinski definition) is 1. The molecule has 2 atom stereocenters. The molecule has 6 nitrogen and oxygen atoms in total. The van der Waals surface area contributed by atoms with Gasteiger partial charge >= 0.3 is 5.97 Å². The predicted molar refractivity (Wildman–Crippen MR) is 90.1 cm³/mol. The summed E-state index contributed by atoms with van der Waals surface area (Å²) in [5.41, 5.74) is 1.71. The van der Waals surface area contributed by atoms with Crippen molar-refractivity contribution in [3.8, 4) is 0 Å². The highest BCUT2D eigenvalue weighted by atomic mass is 16.5. The van der Waals surface area contributed by atoms with Crippen LogP contribution in [0.5, 0.6) is 0 Å². The fraction of sp³-hybridized carbons (Fsp3) is 0.211. The lowest BCUT2D eigenvalue weighted by molar-refractivity contribution is -0.169. The minimum Gasteiger partial charge on any atom is -0.461 e. The van der Waals surface area contributed by atoms with Gasteiger partial charge in [-0.3, -0.25) is 9.59 Å². The summed E-state index contributed by atoms with van der Waals surface area (Å²) in [5.74, 6) is -1.27. The zero-order valence-electron chi connectivity index (χ0n) is 13.5. The van der Waals surface area contributed by atoms with E-state index in [1.807, 2.05) is 60.7 Å². The highest BCUT2D eigenvalue weighted by Gasteiger charge is 2.42. The fourth-order valence-corrected chi connectivity index (χ4v) is 2.83. The Morgan fingerprint density at radius 1 is 1.12 bits per heavy atom. The molecule has 1 aliphatic heterocycles. The lowest BCUT2D eigenvalue weighted by Crippen LogP contribution is -2.56. The molecule has 25 heavy (non-hydrogen) atoms. The summed E-state index contributed by atoms with van der Waals surface area (Å²) in [6, 6.07) is 16.7. The molecule has 1 aliphatic rings. The maximum absolute atomic E-state index is 12.5. The minimum atomic E-state index is -1.29. The van der Waals surface area contributed by atoms with E-state index in [1.54, 1.807) is 0 Å². The van der Waals surface area contributed by atoms with Gasteiger partial charge in [0, 0.05) is 6.54 Å². The van der Waals surface area contributed by atoms with Crippen LogP contribution in [0.15, 0.2) is 60.7 Å². The smallest absolute Gasteiger partial charge is 0.338 e. The van der Waals surface area contributed by atoms with Crippen molar-refractivity contribution < 1.29 is 19.1 Å².